The molecule has 5 heteroatoms. The van der Waals surface area contributed by atoms with Gasteiger partial charge in [0.2, 0.25) is 0 Å². The molecule has 0 saturated carbocycles. The maximum Gasteiger partial charge on any atom is 0.129 e. The molecule has 0 aromatic heterocycles. The highest BCUT2D eigenvalue weighted by Crippen LogP contribution is 2.31. The van der Waals surface area contributed by atoms with E-state index < -0.39 is 0 Å². The van der Waals surface area contributed by atoms with Crippen LogP contribution in [0, 0.1) is 11.6 Å². The van der Waals surface area contributed by atoms with Crippen molar-refractivity contribution in [3.8, 4) is 0 Å². The zero-order chi connectivity index (χ0) is 15.4. The molecule has 2 aromatic rings. The molecule has 0 aliphatic heterocycles. The third-order valence-corrected chi connectivity index (χ3v) is 4.31. The van der Waals surface area contributed by atoms with Crippen LogP contribution in [0.15, 0.2) is 40.9 Å². The molecular weight excluding hydrogens is 360 g/mol. The van der Waals surface area contributed by atoms with Crippen LogP contribution in [0.3, 0.4) is 0 Å². The Bertz CT molecular complexity index is 593. The summed E-state index contributed by atoms with van der Waals surface area (Å²) < 4.78 is 28.7. The summed E-state index contributed by atoms with van der Waals surface area (Å²) in [5.74, 6) is -0.708. The summed E-state index contributed by atoms with van der Waals surface area (Å²) in [6.07, 6.45) is 0.277. The Labute approximate surface area is 136 Å². The van der Waals surface area contributed by atoms with Gasteiger partial charge in [-0.05, 0) is 37.2 Å². The highest BCUT2D eigenvalue weighted by atomic mass is 79.9. The number of halogens is 4. The Hall–Kier alpha value is -0.970. The predicted molar refractivity (Wildman–Crippen MR) is 85.6 cm³/mol. The average Bonchev–Trinajstić information content (AvgIpc) is 2.42. The van der Waals surface area contributed by atoms with E-state index >= 15 is 0 Å². The lowest BCUT2D eigenvalue weighted by Crippen LogP contribution is -2.25. The molecule has 1 N–H and O–H groups in total. The standard InChI is InChI=1S/C16H15BrClF2N/c1-2-21-15(16-11(17)5-3-8-14(16)20)9-10-12(18)6-4-7-13(10)19/h3-8,15,21H,2,9H2,1H3. The Morgan fingerprint density at radius 3 is 2.43 bits per heavy atom. The Kier molecular flexibility index (Phi) is 5.73. The van der Waals surface area contributed by atoms with Gasteiger partial charge in [-0.2, -0.15) is 0 Å². The highest BCUT2D eigenvalue weighted by Gasteiger charge is 2.21. The topological polar surface area (TPSA) is 12.0 Å². The molecule has 1 atom stereocenters. The van der Waals surface area contributed by atoms with Gasteiger partial charge in [0.05, 0.1) is 0 Å². The van der Waals surface area contributed by atoms with Gasteiger partial charge in [-0.15, -0.1) is 0 Å². The van der Waals surface area contributed by atoms with E-state index in [9.17, 15) is 8.78 Å². The van der Waals surface area contributed by atoms with Crippen LogP contribution in [0.25, 0.3) is 0 Å². The van der Waals surface area contributed by atoms with Gasteiger partial charge in [0.25, 0.3) is 0 Å². The minimum atomic E-state index is -0.377. The van der Waals surface area contributed by atoms with Gasteiger partial charge in [-0.3, -0.25) is 0 Å². The van der Waals surface area contributed by atoms with E-state index in [1.54, 1.807) is 24.3 Å². The summed E-state index contributed by atoms with van der Waals surface area (Å²) in [6.45, 7) is 2.56. The molecule has 0 bridgehead atoms. The van der Waals surface area contributed by atoms with Crippen molar-refractivity contribution in [2.45, 2.75) is 19.4 Å². The van der Waals surface area contributed by atoms with Gasteiger partial charge in [-0.1, -0.05) is 46.6 Å². The summed E-state index contributed by atoms with van der Waals surface area (Å²) in [7, 11) is 0. The van der Waals surface area contributed by atoms with Crippen LogP contribution in [0.1, 0.15) is 24.1 Å². The molecule has 21 heavy (non-hydrogen) atoms. The zero-order valence-electron chi connectivity index (χ0n) is 11.5. The van der Waals surface area contributed by atoms with Crippen LogP contribution in [0.5, 0.6) is 0 Å². The fraction of sp³-hybridized carbons (Fsp3) is 0.250. The quantitative estimate of drug-likeness (QED) is 0.751. The van der Waals surface area contributed by atoms with E-state index in [1.807, 2.05) is 6.92 Å². The fourth-order valence-electron chi connectivity index (χ4n) is 2.30. The predicted octanol–water partition coefficient (Wildman–Crippen LogP) is 5.27. The molecule has 0 amide bonds. The lowest BCUT2D eigenvalue weighted by molar-refractivity contribution is 0.496. The Balaban J connectivity index is 2.41. The monoisotopic (exact) mass is 373 g/mol. The molecule has 112 valence electrons. The van der Waals surface area contributed by atoms with Crippen molar-refractivity contribution in [1.82, 2.24) is 5.32 Å². The molecule has 0 heterocycles. The van der Waals surface area contributed by atoms with Gasteiger partial charge in [0.1, 0.15) is 11.6 Å². The molecule has 1 nitrogen and oxygen atoms in total. The van der Waals surface area contributed by atoms with Crippen molar-refractivity contribution < 1.29 is 8.78 Å². The summed E-state index contributed by atoms with van der Waals surface area (Å²) in [5, 5.41) is 3.54. The first-order chi connectivity index (χ1) is 10.0. The molecule has 1 unspecified atom stereocenters. The molecule has 2 rings (SSSR count). The van der Waals surface area contributed by atoms with E-state index in [0.29, 0.717) is 27.2 Å². The first kappa shape index (κ1) is 16.4. The van der Waals surface area contributed by atoms with Crippen molar-refractivity contribution >= 4 is 27.5 Å². The van der Waals surface area contributed by atoms with Crippen molar-refractivity contribution in [2.75, 3.05) is 6.54 Å². The van der Waals surface area contributed by atoms with Gasteiger partial charge in [-0.25, -0.2) is 8.78 Å². The van der Waals surface area contributed by atoms with Crippen molar-refractivity contribution in [3.63, 3.8) is 0 Å². The first-order valence-electron chi connectivity index (χ1n) is 6.64. The van der Waals surface area contributed by atoms with Crippen LogP contribution in [-0.2, 0) is 6.42 Å². The summed E-state index contributed by atoms with van der Waals surface area (Å²) in [5.41, 5.74) is 0.874. The third kappa shape index (κ3) is 3.82. The van der Waals surface area contributed by atoms with Crippen LogP contribution in [0.2, 0.25) is 5.02 Å². The van der Waals surface area contributed by atoms with Crippen molar-refractivity contribution in [2.24, 2.45) is 0 Å². The van der Waals surface area contributed by atoms with Gasteiger partial charge in [0.15, 0.2) is 0 Å². The lowest BCUT2D eigenvalue weighted by Gasteiger charge is -2.21. The molecular formula is C16H15BrClF2N. The summed E-state index contributed by atoms with van der Waals surface area (Å²) in [4.78, 5) is 0. The maximum absolute atomic E-state index is 14.1. The summed E-state index contributed by atoms with van der Waals surface area (Å²) >= 11 is 9.43. The average molecular weight is 375 g/mol. The van der Waals surface area contributed by atoms with Gasteiger partial charge >= 0.3 is 0 Å². The van der Waals surface area contributed by atoms with Crippen LogP contribution in [-0.4, -0.2) is 6.54 Å². The van der Waals surface area contributed by atoms with Crippen LogP contribution < -0.4 is 5.32 Å². The number of benzene rings is 2. The number of rotatable bonds is 5. The SMILES string of the molecule is CCNC(Cc1c(F)cccc1Cl)c1c(F)cccc1Br. The molecule has 0 fully saturated rings. The Morgan fingerprint density at radius 2 is 1.81 bits per heavy atom. The number of hydrogen-bond donors (Lipinski definition) is 1. The Morgan fingerprint density at radius 1 is 1.14 bits per heavy atom. The third-order valence-electron chi connectivity index (χ3n) is 3.27. The highest BCUT2D eigenvalue weighted by molar-refractivity contribution is 9.10. The maximum atomic E-state index is 14.1. The van der Waals surface area contributed by atoms with Crippen molar-refractivity contribution in [3.05, 3.63) is 68.7 Å². The number of nitrogens with one attached hydrogen (secondary N) is 1. The second-order valence-corrected chi connectivity index (χ2v) is 5.91. The van der Waals surface area contributed by atoms with E-state index in [4.69, 9.17) is 11.6 Å². The fourth-order valence-corrected chi connectivity index (χ4v) is 3.16. The van der Waals surface area contributed by atoms with Crippen LogP contribution >= 0.6 is 27.5 Å². The minimum Gasteiger partial charge on any atom is -0.310 e. The lowest BCUT2D eigenvalue weighted by atomic mass is 9.98. The second kappa shape index (κ2) is 7.34. The molecule has 0 aliphatic rings. The van der Waals surface area contributed by atoms with E-state index in [1.165, 1.54) is 12.1 Å². The van der Waals surface area contributed by atoms with E-state index in [2.05, 4.69) is 21.2 Å². The minimum absolute atomic E-state index is 0.277. The molecule has 0 saturated heterocycles. The molecule has 0 spiro atoms. The smallest absolute Gasteiger partial charge is 0.129 e. The molecule has 0 radical (unpaired) electrons. The van der Waals surface area contributed by atoms with E-state index in [0.717, 1.165) is 0 Å². The first-order valence-corrected chi connectivity index (χ1v) is 7.81. The normalized spacial score (nSPS) is 12.4. The zero-order valence-corrected chi connectivity index (χ0v) is 13.8. The second-order valence-electron chi connectivity index (χ2n) is 4.65. The summed E-state index contributed by atoms with van der Waals surface area (Å²) in [6, 6.07) is 8.99. The number of hydrogen-bond acceptors (Lipinski definition) is 1. The van der Waals surface area contributed by atoms with Gasteiger partial charge < -0.3 is 5.32 Å². The van der Waals surface area contributed by atoms with Gasteiger partial charge in [0, 0.05) is 26.7 Å². The van der Waals surface area contributed by atoms with Crippen molar-refractivity contribution in [1.29, 1.82) is 0 Å². The number of likely N-dealkylation sites (N-methyl/N-ethyl adjacent to an activating group) is 1. The van der Waals surface area contributed by atoms with Crippen LogP contribution in [0.4, 0.5) is 8.78 Å². The largest absolute Gasteiger partial charge is 0.310 e. The van der Waals surface area contributed by atoms with E-state index in [-0.39, 0.29) is 24.1 Å². The molecule has 2 aromatic carbocycles. The molecule has 0 aliphatic carbocycles.